The molecule has 0 amide bonds. The van der Waals surface area contributed by atoms with Crippen LogP contribution in [-0.4, -0.2) is 37.7 Å². The molecular formula is C12H18BrClN2O. The second-order valence-electron chi connectivity index (χ2n) is 4.07. The first kappa shape index (κ1) is 14.9. The van der Waals surface area contributed by atoms with E-state index in [1.54, 1.807) is 0 Å². The van der Waals surface area contributed by atoms with E-state index in [1.165, 1.54) is 5.56 Å². The molecule has 1 heterocycles. The molecule has 1 atom stereocenters. The van der Waals surface area contributed by atoms with Gasteiger partial charge in [0, 0.05) is 30.1 Å². The lowest BCUT2D eigenvalue weighted by Gasteiger charge is -2.29. The van der Waals surface area contributed by atoms with Crippen molar-refractivity contribution in [2.45, 2.75) is 6.04 Å². The van der Waals surface area contributed by atoms with Gasteiger partial charge in [-0.1, -0.05) is 28.1 Å². The summed E-state index contributed by atoms with van der Waals surface area (Å²) in [7, 11) is 0. The quantitative estimate of drug-likeness (QED) is 0.927. The Kier molecular flexibility index (Phi) is 6.44. The largest absolute Gasteiger partial charge is 0.379 e. The molecule has 0 spiro atoms. The summed E-state index contributed by atoms with van der Waals surface area (Å²) in [6, 6.07) is 8.29. The molecule has 1 saturated heterocycles. The molecule has 1 fully saturated rings. The molecular weight excluding hydrogens is 304 g/mol. The predicted molar refractivity (Wildman–Crippen MR) is 75.6 cm³/mol. The first-order valence-corrected chi connectivity index (χ1v) is 6.36. The third-order valence-corrected chi connectivity index (χ3v) is 3.33. The SMILES string of the molecule is Cl.N[C@@H](CN1CCOCC1)c1cccc(Br)c1. The van der Waals surface area contributed by atoms with Crippen LogP contribution in [-0.2, 0) is 4.74 Å². The molecule has 1 aromatic carbocycles. The Balaban J connectivity index is 0.00000144. The van der Waals surface area contributed by atoms with E-state index in [2.05, 4.69) is 33.0 Å². The maximum absolute atomic E-state index is 6.19. The highest BCUT2D eigenvalue weighted by Crippen LogP contribution is 2.17. The van der Waals surface area contributed by atoms with Crippen LogP contribution in [0, 0.1) is 0 Å². The number of hydrogen-bond donors (Lipinski definition) is 1. The van der Waals surface area contributed by atoms with E-state index in [9.17, 15) is 0 Å². The van der Waals surface area contributed by atoms with Crippen LogP contribution in [0.4, 0.5) is 0 Å². The normalized spacial score (nSPS) is 18.5. The van der Waals surface area contributed by atoms with Crippen LogP contribution in [0.1, 0.15) is 11.6 Å². The van der Waals surface area contributed by atoms with Crippen molar-refractivity contribution in [3.05, 3.63) is 34.3 Å². The Bertz CT molecular complexity index is 345. The standard InChI is InChI=1S/C12H17BrN2O.ClH/c13-11-3-1-2-10(8-11)12(14)9-15-4-6-16-7-5-15;/h1-3,8,12H,4-7,9,14H2;1H/t12-;/m0./s1. The lowest BCUT2D eigenvalue weighted by Crippen LogP contribution is -2.40. The van der Waals surface area contributed by atoms with Gasteiger partial charge in [0.2, 0.25) is 0 Å². The summed E-state index contributed by atoms with van der Waals surface area (Å²) in [6.07, 6.45) is 0. The van der Waals surface area contributed by atoms with Gasteiger partial charge in [0.1, 0.15) is 0 Å². The third kappa shape index (κ3) is 4.56. The van der Waals surface area contributed by atoms with Crippen molar-refractivity contribution in [1.29, 1.82) is 0 Å². The van der Waals surface area contributed by atoms with Gasteiger partial charge in [-0.25, -0.2) is 0 Å². The molecule has 2 rings (SSSR count). The first-order chi connectivity index (χ1) is 7.75. The minimum absolute atomic E-state index is 0. The fourth-order valence-electron chi connectivity index (χ4n) is 1.90. The van der Waals surface area contributed by atoms with Gasteiger partial charge in [-0.15, -0.1) is 12.4 Å². The molecule has 17 heavy (non-hydrogen) atoms. The molecule has 2 N–H and O–H groups in total. The highest BCUT2D eigenvalue weighted by Gasteiger charge is 2.15. The average molecular weight is 322 g/mol. The van der Waals surface area contributed by atoms with Gasteiger partial charge in [0.05, 0.1) is 13.2 Å². The van der Waals surface area contributed by atoms with Gasteiger partial charge >= 0.3 is 0 Å². The van der Waals surface area contributed by atoms with Gasteiger partial charge in [-0.3, -0.25) is 4.90 Å². The van der Waals surface area contributed by atoms with E-state index < -0.39 is 0 Å². The van der Waals surface area contributed by atoms with Crippen LogP contribution in [0.15, 0.2) is 28.7 Å². The molecule has 5 heteroatoms. The zero-order valence-electron chi connectivity index (χ0n) is 9.64. The fraction of sp³-hybridized carbons (Fsp3) is 0.500. The summed E-state index contributed by atoms with van der Waals surface area (Å²) < 4.78 is 6.40. The molecule has 0 aliphatic carbocycles. The molecule has 3 nitrogen and oxygen atoms in total. The number of nitrogens with two attached hydrogens (primary N) is 1. The van der Waals surface area contributed by atoms with Crippen molar-refractivity contribution in [2.24, 2.45) is 5.73 Å². The minimum Gasteiger partial charge on any atom is -0.379 e. The van der Waals surface area contributed by atoms with Crippen molar-refractivity contribution >= 4 is 28.3 Å². The van der Waals surface area contributed by atoms with Gasteiger partial charge in [0.25, 0.3) is 0 Å². The second kappa shape index (κ2) is 7.34. The number of rotatable bonds is 3. The van der Waals surface area contributed by atoms with Crippen LogP contribution in [0.5, 0.6) is 0 Å². The predicted octanol–water partition coefficient (Wildman–Crippen LogP) is 2.20. The van der Waals surface area contributed by atoms with Crippen LogP contribution >= 0.6 is 28.3 Å². The van der Waals surface area contributed by atoms with Crippen molar-refractivity contribution in [2.75, 3.05) is 32.8 Å². The van der Waals surface area contributed by atoms with Gasteiger partial charge in [0.15, 0.2) is 0 Å². The van der Waals surface area contributed by atoms with E-state index in [1.807, 2.05) is 12.1 Å². The molecule has 0 saturated carbocycles. The average Bonchev–Trinajstić information content (AvgIpc) is 2.30. The first-order valence-electron chi connectivity index (χ1n) is 5.57. The third-order valence-electron chi connectivity index (χ3n) is 2.84. The number of ether oxygens (including phenoxy) is 1. The second-order valence-corrected chi connectivity index (χ2v) is 4.99. The minimum atomic E-state index is 0. The molecule has 1 aliphatic rings. The molecule has 0 bridgehead atoms. The van der Waals surface area contributed by atoms with Gasteiger partial charge in [-0.05, 0) is 17.7 Å². The van der Waals surface area contributed by atoms with Crippen LogP contribution < -0.4 is 5.73 Å². The maximum Gasteiger partial charge on any atom is 0.0594 e. The van der Waals surface area contributed by atoms with E-state index in [0.717, 1.165) is 37.3 Å². The van der Waals surface area contributed by atoms with Crippen LogP contribution in [0.25, 0.3) is 0 Å². The highest BCUT2D eigenvalue weighted by molar-refractivity contribution is 9.10. The Morgan fingerprint density at radius 2 is 2.06 bits per heavy atom. The Hall–Kier alpha value is -0.130. The smallest absolute Gasteiger partial charge is 0.0594 e. The number of nitrogens with zero attached hydrogens (tertiary/aromatic N) is 1. The number of hydrogen-bond acceptors (Lipinski definition) is 3. The zero-order valence-corrected chi connectivity index (χ0v) is 12.0. The van der Waals surface area contributed by atoms with Crippen molar-refractivity contribution < 1.29 is 4.74 Å². The molecule has 0 unspecified atom stereocenters. The van der Waals surface area contributed by atoms with Crippen LogP contribution in [0.2, 0.25) is 0 Å². The molecule has 0 aromatic heterocycles. The number of morpholine rings is 1. The van der Waals surface area contributed by atoms with Crippen molar-refractivity contribution in [3.8, 4) is 0 Å². The topological polar surface area (TPSA) is 38.5 Å². The van der Waals surface area contributed by atoms with Crippen molar-refractivity contribution in [3.63, 3.8) is 0 Å². The van der Waals surface area contributed by atoms with Gasteiger partial charge in [-0.2, -0.15) is 0 Å². The number of benzene rings is 1. The highest BCUT2D eigenvalue weighted by atomic mass is 79.9. The summed E-state index contributed by atoms with van der Waals surface area (Å²) in [6.45, 7) is 4.53. The Labute approximate surface area is 117 Å². The van der Waals surface area contributed by atoms with Gasteiger partial charge < -0.3 is 10.5 Å². The molecule has 96 valence electrons. The van der Waals surface area contributed by atoms with Crippen molar-refractivity contribution in [1.82, 2.24) is 4.90 Å². The molecule has 1 aromatic rings. The fourth-order valence-corrected chi connectivity index (χ4v) is 2.32. The van der Waals surface area contributed by atoms with E-state index in [0.29, 0.717) is 0 Å². The lowest BCUT2D eigenvalue weighted by molar-refractivity contribution is 0.0352. The monoisotopic (exact) mass is 320 g/mol. The summed E-state index contributed by atoms with van der Waals surface area (Å²) >= 11 is 3.47. The van der Waals surface area contributed by atoms with E-state index >= 15 is 0 Å². The molecule has 1 aliphatic heterocycles. The molecule has 0 radical (unpaired) electrons. The Morgan fingerprint density at radius 3 is 2.71 bits per heavy atom. The summed E-state index contributed by atoms with van der Waals surface area (Å²) in [5.74, 6) is 0. The summed E-state index contributed by atoms with van der Waals surface area (Å²) in [5.41, 5.74) is 7.37. The summed E-state index contributed by atoms with van der Waals surface area (Å²) in [4.78, 5) is 2.36. The van der Waals surface area contributed by atoms with E-state index in [-0.39, 0.29) is 18.4 Å². The van der Waals surface area contributed by atoms with Crippen LogP contribution in [0.3, 0.4) is 0 Å². The lowest BCUT2D eigenvalue weighted by atomic mass is 10.1. The number of halogens is 2. The Morgan fingerprint density at radius 1 is 1.35 bits per heavy atom. The summed E-state index contributed by atoms with van der Waals surface area (Å²) in [5, 5.41) is 0. The van der Waals surface area contributed by atoms with E-state index in [4.69, 9.17) is 10.5 Å². The zero-order chi connectivity index (χ0) is 11.4. The maximum atomic E-state index is 6.19.